The lowest BCUT2D eigenvalue weighted by molar-refractivity contribution is -0.144. The van der Waals surface area contributed by atoms with Gasteiger partial charge in [0.15, 0.2) is 0 Å². The van der Waals surface area contributed by atoms with E-state index in [1.54, 1.807) is 44.4 Å². The molecule has 1 aliphatic rings. The summed E-state index contributed by atoms with van der Waals surface area (Å²) in [6.45, 7) is 11.2. The molecule has 2 rings (SSSR count). The highest BCUT2D eigenvalue weighted by Crippen LogP contribution is 2.37. The molecule has 0 saturated heterocycles. The number of carbonyl (C=O) groups is 4. The lowest BCUT2D eigenvalue weighted by Gasteiger charge is -2.35. The Morgan fingerprint density at radius 1 is 1.16 bits per heavy atom. The first kappa shape index (κ1) is 31.5. The first-order chi connectivity index (χ1) is 17.9. The minimum Gasteiger partial charge on any atom is -0.466 e. The van der Waals surface area contributed by atoms with Crippen molar-refractivity contribution in [1.29, 1.82) is 0 Å². The van der Waals surface area contributed by atoms with Crippen molar-refractivity contribution in [1.82, 2.24) is 15.5 Å². The molecule has 2 atom stereocenters. The molecule has 1 saturated carbocycles. The smallest absolute Gasteiger partial charge is 0.408 e. The Bertz CT molecular complexity index is 989. The molecule has 10 heteroatoms. The summed E-state index contributed by atoms with van der Waals surface area (Å²) >= 11 is 1.57. The lowest BCUT2D eigenvalue weighted by atomic mass is 9.95. The maximum Gasteiger partial charge on any atom is 0.408 e. The molecule has 1 fully saturated rings. The van der Waals surface area contributed by atoms with Gasteiger partial charge in [-0.05, 0) is 83.9 Å². The van der Waals surface area contributed by atoms with Crippen molar-refractivity contribution in [3.63, 3.8) is 0 Å². The number of rotatable bonds is 13. The summed E-state index contributed by atoms with van der Waals surface area (Å²) in [4.78, 5) is 53.9. The molecular formula is C28H43N3O6S. The van der Waals surface area contributed by atoms with Crippen molar-refractivity contribution >= 4 is 35.6 Å². The zero-order chi connectivity index (χ0) is 28.5. The topological polar surface area (TPSA) is 114 Å². The lowest BCUT2D eigenvalue weighted by Crippen LogP contribution is -2.54. The van der Waals surface area contributed by atoms with Crippen molar-refractivity contribution < 1.29 is 28.7 Å². The summed E-state index contributed by atoms with van der Waals surface area (Å²) in [6, 6.07) is 3.94. The molecule has 0 heterocycles. The summed E-state index contributed by atoms with van der Waals surface area (Å²) in [7, 11) is 0. The van der Waals surface area contributed by atoms with Gasteiger partial charge in [0, 0.05) is 12.6 Å². The van der Waals surface area contributed by atoms with E-state index >= 15 is 0 Å². The zero-order valence-electron chi connectivity index (χ0n) is 23.7. The molecular weight excluding hydrogens is 506 g/mol. The van der Waals surface area contributed by atoms with Gasteiger partial charge in [0.05, 0.1) is 13.0 Å². The van der Waals surface area contributed by atoms with Gasteiger partial charge >= 0.3 is 12.1 Å². The maximum atomic E-state index is 14.1. The predicted octanol–water partition coefficient (Wildman–Crippen LogP) is 4.05. The monoisotopic (exact) mass is 549 g/mol. The van der Waals surface area contributed by atoms with Crippen LogP contribution in [-0.2, 0) is 23.9 Å². The highest BCUT2D eigenvalue weighted by molar-refractivity contribution is 7.98. The molecule has 1 aromatic rings. The predicted molar refractivity (Wildman–Crippen MR) is 149 cm³/mol. The average Bonchev–Trinajstić information content (AvgIpc) is 3.65. The van der Waals surface area contributed by atoms with Crippen LogP contribution in [0.5, 0.6) is 0 Å². The Labute approximate surface area is 230 Å². The van der Waals surface area contributed by atoms with E-state index in [1.165, 1.54) is 0 Å². The van der Waals surface area contributed by atoms with Crippen molar-refractivity contribution in [2.45, 2.75) is 91.0 Å². The highest BCUT2D eigenvalue weighted by Gasteiger charge is 2.44. The molecule has 0 aromatic heterocycles. The number of esters is 1. The highest BCUT2D eigenvalue weighted by atomic mass is 32.2. The van der Waals surface area contributed by atoms with Gasteiger partial charge in [0.25, 0.3) is 0 Å². The largest absolute Gasteiger partial charge is 0.466 e. The van der Waals surface area contributed by atoms with E-state index in [9.17, 15) is 19.2 Å². The van der Waals surface area contributed by atoms with E-state index < -0.39 is 29.7 Å². The molecule has 9 nitrogen and oxygen atoms in total. The normalized spacial score (nSPS) is 14.7. The van der Waals surface area contributed by atoms with Gasteiger partial charge in [-0.25, -0.2) is 4.79 Å². The maximum absolute atomic E-state index is 14.1. The third kappa shape index (κ3) is 9.85. The van der Waals surface area contributed by atoms with Gasteiger partial charge in [0.1, 0.15) is 17.7 Å². The quantitative estimate of drug-likeness (QED) is 0.357. The fourth-order valence-corrected chi connectivity index (χ4v) is 4.55. The van der Waals surface area contributed by atoms with E-state index in [1.807, 2.05) is 38.3 Å². The van der Waals surface area contributed by atoms with E-state index in [0.717, 1.165) is 29.5 Å². The Morgan fingerprint density at radius 2 is 1.84 bits per heavy atom. The SMILES string of the molecule is CCOC(=O)CCNC(=O)C(c1cc(C)ccc1C)N(C(=O)C(CCSC)NC(=O)OC(C)(C)C)C1CC1. The van der Waals surface area contributed by atoms with Gasteiger partial charge in [-0.3, -0.25) is 14.4 Å². The molecule has 0 spiro atoms. The second-order valence-electron chi connectivity index (χ2n) is 10.6. The van der Waals surface area contributed by atoms with Crippen LogP contribution in [0.3, 0.4) is 0 Å². The first-order valence-electron chi connectivity index (χ1n) is 13.2. The van der Waals surface area contributed by atoms with Gasteiger partial charge in [-0.2, -0.15) is 11.8 Å². The third-order valence-electron chi connectivity index (χ3n) is 5.98. The number of hydrogen-bond acceptors (Lipinski definition) is 7. The van der Waals surface area contributed by atoms with Crippen LogP contribution in [0.1, 0.15) is 76.1 Å². The Kier molecular flexibility index (Phi) is 11.9. The Morgan fingerprint density at radius 3 is 2.42 bits per heavy atom. The molecule has 1 aromatic carbocycles. The summed E-state index contributed by atoms with van der Waals surface area (Å²) in [6.07, 6.45) is 3.23. The van der Waals surface area contributed by atoms with Crippen LogP contribution in [0.4, 0.5) is 4.79 Å². The number of carbonyl (C=O) groups excluding carboxylic acids is 4. The summed E-state index contributed by atoms with van der Waals surface area (Å²) < 4.78 is 10.4. The Hall–Kier alpha value is -2.75. The number of nitrogens with zero attached hydrogens (tertiary/aromatic N) is 1. The number of thioether (sulfide) groups is 1. The van der Waals surface area contributed by atoms with Crippen LogP contribution in [0.25, 0.3) is 0 Å². The van der Waals surface area contributed by atoms with Crippen molar-refractivity contribution in [2.75, 3.05) is 25.2 Å². The van der Waals surface area contributed by atoms with E-state index in [2.05, 4.69) is 10.6 Å². The molecule has 2 N–H and O–H groups in total. The third-order valence-corrected chi connectivity index (χ3v) is 6.63. The number of amides is 3. The zero-order valence-corrected chi connectivity index (χ0v) is 24.5. The number of nitrogens with one attached hydrogen (secondary N) is 2. The molecule has 0 aliphatic heterocycles. The minimum absolute atomic E-state index is 0.0347. The van der Waals surface area contributed by atoms with Gasteiger partial charge < -0.3 is 25.0 Å². The van der Waals surface area contributed by atoms with Crippen LogP contribution >= 0.6 is 11.8 Å². The van der Waals surface area contributed by atoms with E-state index in [0.29, 0.717) is 12.2 Å². The average molecular weight is 550 g/mol. The number of ether oxygens (including phenoxy) is 2. The van der Waals surface area contributed by atoms with Crippen LogP contribution in [0.2, 0.25) is 0 Å². The number of aryl methyl sites for hydroxylation is 2. The van der Waals surface area contributed by atoms with Crippen LogP contribution in [-0.4, -0.2) is 71.6 Å². The van der Waals surface area contributed by atoms with Crippen molar-refractivity contribution in [2.24, 2.45) is 0 Å². The molecule has 0 bridgehead atoms. The number of alkyl carbamates (subject to hydrolysis) is 1. The van der Waals surface area contributed by atoms with Crippen LogP contribution < -0.4 is 10.6 Å². The molecule has 38 heavy (non-hydrogen) atoms. The molecule has 2 unspecified atom stereocenters. The summed E-state index contributed by atoms with van der Waals surface area (Å²) in [5.41, 5.74) is 1.84. The molecule has 212 valence electrons. The number of hydrogen-bond donors (Lipinski definition) is 2. The van der Waals surface area contributed by atoms with Gasteiger partial charge in [0.2, 0.25) is 11.8 Å². The number of benzene rings is 1. The standard InChI is InChI=1S/C28H43N3O6S/c1-8-36-23(32)13-15-29-25(33)24(21-17-18(2)9-10-19(21)3)31(20-11-12-20)26(34)22(14-16-38-7)30-27(35)37-28(4,5)6/h9-10,17,20,22,24H,8,11-16H2,1-7H3,(H,29,33)(H,30,35). The fraction of sp³-hybridized carbons (Fsp3) is 0.643. The summed E-state index contributed by atoms with van der Waals surface area (Å²) in [5.74, 6) is -0.446. The second-order valence-corrected chi connectivity index (χ2v) is 11.6. The minimum atomic E-state index is -0.908. The molecule has 3 amide bonds. The van der Waals surface area contributed by atoms with Crippen molar-refractivity contribution in [3.8, 4) is 0 Å². The first-order valence-corrected chi connectivity index (χ1v) is 14.6. The van der Waals surface area contributed by atoms with E-state index in [-0.39, 0.29) is 37.4 Å². The second kappa shape index (κ2) is 14.4. The molecule has 0 radical (unpaired) electrons. The van der Waals surface area contributed by atoms with Crippen molar-refractivity contribution in [3.05, 3.63) is 34.9 Å². The van der Waals surface area contributed by atoms with Crippen LogP contribution in [0.15, 0.2) is 18.2 Å². The fourth-order valence-electron chi connectivity index (χ4n) is 4.08. The summed E-state index contributed by atoms with van der Waals surface area (Å²) in [5, 5.41) is 5.60. The molecule has 1 aliphatic carbocycles. The Balaban J connectivity index is 2.41. The van der Waals surface area contributed by atoms with Crippen LogP contribution in [0, 0.1) is 13.8 Å². The van der Waals surface area contributed by atoms with E-state index in [4.69, 9.17) is 9.47 Å². The van der Waals surface area contributed by atoms with Gasteiger partial charge in [-0.1, -0.05) is 23.8 Å². The van der Waals surface area contributed by atoms with Gasteiger partial charge in [-0.15, -0.1) is 0 Å².